The van der Waals surface area contributed by atoms with E-state index in [1.165, 1.54) is 36.6 Å². The molecule has 0 saturated heterocycles. The van der Waals surface area contributed by atoms with Gasteiger partial charge in [-0.3, -0.25) is 9.10 Å². The Balaban J connectivity index is 1.80. The number of Topliss-reactive ketones (excluding diaryl/α,β-unsaturated/α-hetero) is 1. The zero-order valence-electron chi connectivity index (χ0n) is 16.6. The fraction of sp³-hybridized carbons (Fsp3) is 0.182. The van der Waals surface area contributed by atoms with Gasteiger partial charge < -0.3 is 4.74 Å². The molecule has 0 radical (unpaired) electrons. The van der Waals surface area contributed by atoms with E-state index in [2.05, 4.69) is 0 Å². The third kappa shape index (κ3) is 4.60. The van der Waals surface area contributed by atoms with Gasteiger partial charge in [-0.25, -0.2) is 13.2 Å². The molecule has 6 nitrogen and oxygen atoms in total. The summed E-state index contributed by atoms with van der Waals surface area (Å²) in [7, 11) is -2.59. The number of ether oxygens (including phenoxy) is 1. The summed E-state index contributed by atoms with van der Waals surface area (Å²) in [5.74, 6) is -1.19. The summed E-state index contributed by atoms with van der Waals surface area (Å²) in [5, 5.41) is 0. The number of hydrogen-bond acceptors (Lipinski definition) is 6. The number of nitrogens with zero attached hydrogens (tertiary/aromatic N) is 1. The average molecular weight is 444 g/mol. The Hall–Kier alpha value is -2.97. The van der Waals surface area contributed by atoms with Crippen LogP contribution < -0.4 is 4.31 Å². The standard InChI is InChI=1S/C22H21NO5S2/c1-3-17-13-14-20(29-17)19(24)15-28-22(25)18-11-7-8-12-21(18)30(26,27)23(2)16-9-5-4-6-10-16/h4-14H,3,15H2,1-2H3. The number of para-hydroxylation sites is 1. The molecule has 0 saturated carbocycles. The highest BCUT2D eigenvalue weighted by atomic mass is 32.2. The van der Waals surface area contributed by atoms with E-state index >= 15 is 0 Å². The number of esters is 1. The van der Waals surface area contributed by atoms with Crippen LogP contribution in [0.3, 0.4) is 0 Å². The van der Waals surface area contributed by atoms with Gasteiger partial charge in [0.05, 0.1) is 16.1 Å². The number of ketones is 1. The van der Waals surface area contributed by atoms with Crippen LogP contribution in [0.1, 0.15) is 31.8 Å². The van der Waals surface area contributed by atoms with Crippen LogP contribution in [-0.4, -0.2) is 33.8 Å². The second-order valence-electron chi connectivity index (χ2n) is 6.42. The molecule has 156 valence electrons. The number of anilines is 1. The summed E-state index contributed by atoms with van der Waals surface area (Å²) in [4.78, 5) is 26.3. The molecule has 0 N–H and O–H groups in total. The first-order chi connectivity index (χ1) is 14.3. The molecule has 0 aliphatic heterocycles. The van der Waals surface area contributed by atoms with E-state index < -0.39 is 22.6 Å². The minimum atomic E-state index is -4.01. The van der Waals surface area contributed by atoms with Gasteiger partial charge in [0, 0.05) is 11.9 Å². The molecule has 0 atom stereocenters. The molecule has 30 heavy (non-hydrogen) atoms. The highest BCUT2D eigenvalue weighted by Gasteiger charge is 2.27. The number of rotatable bonds is 8. The molecule has 0 bridgehead atoms. The lowest BCUT2D eigenvalue weighted by Gasteiger charge is -2.20. The number of aryl methyl sites for hydroxylation is 1. The van der Waals surface area contributed by atoms with E-state index in [1.54, 1.807) is 42.5 Å². The first-order valence-electron chi connectivity index (χ1n) is 9.26. The number of carbonyl (C=O) groups is 2. The molecule has 0 spiro atoms. The maximum atomic E-state index is 13.1. The molecular weight excluding hydrogens is 422 g/mol. The monoisotopic (exact) mass is 443 g/mol. The maximum Gasteiger partial charge on any atom is 0.339 e. The van der Waals surface area contributed by atoms with Crippen molar-refractivity contribution in [3.63, 3.8) is 0 Å². The van der Waals surface area contributed by atoms with Crippen molar-refractivity contribution in [3.8, 4) is 0 Å². The first-order valence-corrected chi connectivity index (χ1v) is 11.5. The van der Waals surface area contributed by atoms with E-state index in [1.807, 2.05) is 13.0 Å². The van der Waals surface area contributed by atoms with Gasteiger partial charge in [0.2, 0.25) is 5.78 Å². The maximum absolute atomic E-state index is 13.1. The quantitative estimate of drug-likeness (QED) is 0.385. The van der Waals surface area contributed by atoms with Crippen LogP contribution in [0, 0.1) is 0 Å². The predicted molar refractivity (Wildman–Crippen MR) is 117 cm³/mol. The van der Waals surface area contributed by atoms with Crippen LogP contribution in [0.15, 0.2) is 71.6 Å². The van der Waals surface area contributed by atoms with Crippen molar-refractivity contribution in [2.24, 2.45) is 0 Å². The first kappa shape index (κ1) is 21.7. The molecular formula is C22H21NO5S2. The molecule has 0 unspecified atom stereocenters. The van der Waals surface area contributed by atoms with Crippen molar-refractivity contribution in [2.45, 2.75) is 18.2 Å². The van der Waals surface area contributed by atoms with Gasteiger partial charge in [-0.15, -0.1) is 11.3 Å². The van der Waals surface area contributed by atoms with Crippen LogP contribution >= 0.6 is 11.3 Å². The lowest BCUT2D eigenvalue weighted by atomic mass is 10.2. The Kier molecular flexibility index (Phi) is 6.69. The van der Waals surface area contributed by atoms with E-state index in [-0.39, 0.29) is 16.2 Å². The summed E-state index contributed by atoms with van der Waals surface area (Å²) in [6, 6.07) is 17.9. The number of carbonyl (C=O) groups excluding carboxylic acids is 2. The fourth-order valence-corrected chi connectivity index (χ4v) is 5.03. The van der Waals surface area contributed by atoms with Crippen molar-refractivity contribution >= 4 is 38.8 Å². The Morgan fingerprint density at radius 3 is 2.30 bits per heavy atom. The smallest absolute Gasteiger partial charge is 0.339 e. The topological polar surface area (TPSA) is 80.8 Å². The van der Waals surface area contributed by atoms with Crippen LogP contribution in [0.4, 0.5) is 5.69 Å². The zero-order valence-corrected chi connectivity index (χ0v) is 18.2. The molecule has 0 fully saturated rings. The van der Waals surface area contributed by atoms with Crippen LogP contribution in [-0.2, 0) is 21.2 Å². The number of benzene rings is 2. The van der Waals surface area contributed by atoms with E-state index in [9.17, 15) is 18.0 Å². The van der Waals surface area contributed by atoms with Crippen molar-refractivity contribution in [1.29, 1.82) is 0 Å². The van der Waals surface area contributed by atoms with Crippen molar-refractivity contribution in [2.75, 3.05) is 18.0 Å². The minimum Gasteiger partial charge on any atom is -0.454 e. The fourth-order valence-electron chi connectivity index (χ4n) is 2.78. The summed E-state index contributed by atoms with van der Waals surface area (Å²) in [5.41, 5.74) is 0.341. The van der Waals surface area contributed by atoms with E-state index in [0.717, 1.165) is 15.6 Å². The van der Waals surface area contributed by atoms with E-state index in [0.29, 0.717) is 10.6 Å². The predicted octanol–water partition coefficient (Wildman–Crippen LogP) is 4.18. The Bertz CT molecular complexity index is 1150. The lowest BCUT2D eigenvalue weighted by Crippen LogP contribution is -2.28. The third-order valence-corrected chi connectivity index (χ3v) is 7.60. The van der Waals surface area contributed by atoms with Crippen molar-refractivity contribution < 1.29 is 22.7 Å². The largest absolute Gasteiger partial charge is 0.454 e. The SMILES string of the molecule is CCc1ccc(C(=O)COC(=O)c2ccccc2S(=O)(=O)N(C)c2ccccc2)s1. The summed E-state index contributed by atoms with van der Waals surface area (Å²) in [6.45, 7) is 1.54. The highest BCUT2D eigenvalue weighted by Crippen LogP contribution is 2.25. The minimum absolute atomic E-state index is 0.117. The molecule has 1 heterocycles. The molecule has 2 aromatic carbocycles. The Labute approximate surface area is 179 Å². The van der Waals surface area contributed by atoms with Gasteiger partial charge in [0.15, 0.2) is 6.61 Å². The van der Waals surface area contributed by atoms with E-state index in [4.69, 9.17) is 4.74 Å². The Morgan fingerprint density at radius 2 is 1.63 bits per heavy atom. The van der Waals surface area contributed by atoms with Gasteiger partial charge in [-0.05, 0) is 42.8 Å². The molecule has 0 aliphatic carbocycles. The van der Waals surface area contributed by atoms with Gasteiger partial charge in [-0.1, -0.05) is 37.3 Å². The highest BCUT2D eigenvalue weighted by molar-refractivity contribution is 7.92. The lowest BCUT2D eigenvalue weighted by molar-refractivity contribution is 0.0472. The molecule has 0 amide bonds. The third-order valence-electron chi connectivity index (χ3n) is 4.48. The van der Waals surface area contributed by atoms with Crippen molar-refractivity contribution in [3.05, 3.63) is 82.0 Å². The average Bonchev–Trinajstić information content (AvgIpc) is 3.26. The summed E-state index contributed by atoms with van der Waals surface area (Å²) >= 11 is 1.35. The van der Waals surface area contributed by atoms with Gasteiger partial charge in [0.1, 0.15) is 4.90 Å². The second kappa shape index (κ2) is 9.23. The summed E-state index contributed by atoms with van der Waals surface area (Å²) in [6.07, 6.45) is 0.817. The van der Waals surface area contributed by atoms with Crippen LogP contribution in [0.25, 0.3) is 0 Å². The molecule has 3 rings (SSSR count). The van der Waals surface area contributed by atoms with Crippen LogP contribution in [0.2, 0.25) is 0 Å². The second-order valence-corrected chi connectivity index (χ2v) is 9.53. The van der Waals surface area contributed by atoms with Crippen molar-refractivity contribution in [1.82, 2.24) is 0 Å². The Morgan fingerprint density at radius 1 is 0.967 bits per heavy atom. The number of sulfonamides is 1. The molecule has 0 aliphatic rings. The normalized spacial score (nSPS) is 11.1. The summed E-state index contributed by atoms with van der Waals surface area (Å²) < 4.78 is 32.5. The van der Waals surface area contributed by atoms with Gasteiger partial charge in [-0.2, -0.15) is 0 Å². The molecule has 3 aromatic rings. The number of hydrogen-bond donors (Lipinski definition) is 0. The van der Waals surface area contributed by atoms with Gasteiger partial charge >= 0.3 is 5.97 Å². The molecule has 1 aromatic heterocycles. The van der Waals surface area contributed by atoms with Crippen LogP contribution in [0.5, 0.6) is 0 Å². The number of thiophene rings is 1. The van der Waals surface area contributed by atoms with Gasteiger partial charge in [0.25, 0.3) is 10.0 Å². The zero-order chi connectivity index (χ0) is 21.7. The molecule has 8 heteroatoms.